The number of pyridine rings is 1. The summed E-state index contributed by atoms with van der Waals surface area (Å²) in [6.45, 7) is 9.12. The fourth-order valence-corrected chi connectivity index (χ4v) is 8.87. The molecule has 3 atom stereocenters. The lowest BCUT2D eigenvalue weighted by molar-refractivity contribution is -0.140. The summed E-state index contributed by atoms with van der Waals surface area (Å²) in [6.07, 6.45) is 5.95. The molecule has 1 aliphatic heterocycles. The number of carboxylic acids is 3. The van der Waals surface area contributed by atoms with Gasteiger partial charge in [-0.2, -0.15) is 8.42 Å². The number of fused-ring (bicyclic) bond motifs is 1. The Morgan fingerprint density at radius 3 is 2.01 bits per heavy atom. The highest BCUT2D eigenvalue weighted by molar-refractivity contribution is 7.81. The normalized spacial score (nSPS) is 14.6. The largest absolute Gasteiger partial charge is 0.494 e. The van der Waals surface area contributed by atoms with Crippen molar-refractivity contribution in [2.45, 2.75) is 90.0 Å². The zero-order valence-corrected chi connectivity index (χ0v) is 47.2. The summed E-state index contributed by atoms with van der Waals surface area (Å²) < 4.78 is 60.3. The number of ether oxygens (including phenoxy) is 1. The smallest absolute Gasteiger partial charge is 0.488 e. The van der Waals surface area contributed by atoms with Crippen LogP contribution in [-0.2, 0) is 45.7 Å². The molecule has 0 saturated carbocycles. The van der Waals surface area contributed by atoms with Crippen molar-refractivity contribution >= 4 is 72.2 Å². The average molecular weight is 1150 g/mol. The zero-order chi connectivity index (χ0) is 58.4. The number of carboxylic acid groups (broad SMARTS) is 3. The van der Waals surface area contributed by atoms with Crippen LogP contribution in [0, 0.1) is 0 Å². The first-order valence-electron chi connectivity index (χ1n) is 26.4. The predicted molar refractivity (Wildman–Crippen MR) is 294 cm³/mol. The summed E-state index contributed by atoms with van der Waals surface area (Å²) in [7, 11) is -3.17. The standard InChI is InChI=1S/C49H72F2N9O12PS.C3H6O2/c1-3-5-21-58(33-45(63)64)24-26-59(34-46(65)66)25-23-57(20-4-2)32-43(61)54-16-6-7-17-55-48(68)42(29-36-10-8-11-38(28-36)72-74(51,69)70)52-18-9-27-71-37-12-13-41-40(30-37)39(14-19-53-41)47(67)56-31-44(62)60-22-15-49(50,73)35-60;1-2-3(4)5/h8,10-14,19,28,30,42,52H,3-7,9,15-18,20-27,29,31-35,73H2,1-2H3,(H,54,61)(H,55,68)(H,56,67)(H,63,64)(H,65,66);2H2,1H3,(H,4,5). The highest BCUT2D eigenvalue weighted by Crippen LogP contribution is 2.32. The lowest BCUT2D eigenvalue weighted by Crippen LogP contribution is -2.46. The number of benzene rings is 2. The molecule has 1 fully saturated rings. The third kappa shape index (κ3) is 28.0. The molecule has 7 N–H and O–H groups in total. The molecule has 0 aliphatic carbocycles. The number of rotatable bonds is 37. The number of carbonyl (C=O) groups is 7. The minimum Gasteiger partial charge on any atom is -0.494 e. The van der Waals surface area contributed by atoms with Gasteiger partial charge >= 0.3 is 28.4 Å². The molecule has 4 rings (SSSR count). The van der Waals surface area contributed by atoms with E-state index in [0.29, 0.717) is 93.8 Å². The first-order valence-corrected chi connectivity index (χ1v) is 28.3. The number of aliphatic carboxylic acids is 3. The quantitative estimate of drug-likeness (QED) is 0.0248. The van der Waals surface area contributed by atoms with Crippen molar-refractivity contribution in [1.82, 2.24) is 45.9 Å². The molecule has 3 unspecified atom stereocenters. The lowest BCUT2D eigenvalue weighted by atomic mass is 10.0. The molecule has 2 heterocycles. The van der Waals surface area contributed by atoms with E-state index in [2.05, 4.69) is 39.7 Å². The number of aromatic nitrogens is 1. The van der Waals surface area contributed by atoms with E-state index in [9.17, 15) is 60.5 Å². The van der Waals surface area contributed by atoms with Gasteiger partial charge in [0.1, 0.15) is 16.9 Å². The van der Waals surface area contributed by atoms with E-state index in [0.717, 1.165) is 19.3 Å². The van der Waals surface area contributed by atoms with Gasteiger partial charge in [-0.25, -0.2) is 4.39 Å². The second-order valence-electron chi connectivity index (χ2n) is 18.9. The molecule has 79 heavy (non-hydrogen) atoms. The molecule has 440 valence electrons. The number of nitrogens with one attached hydrogen (secondary N) is 4. The maximum Gasteiger partial charge on any atom is 0.488 e. The summed E-state index contributed by atoms with van der Waals surface area (Å²) >= 11 is 0. The van der Waals surface area contributed by atoms with Gasteiger partial charge in [-0.1, -0.05) is 52.5 Å². The van der Waals surface area contributed by atoms with Gasteiger partial charge in [-0.15, -0.1) is 0 Å². The molecule has 2 aromatic carbocycles. The summed E-state index contributed by atoms with van der Waals surface area (Å²) in [5, 5.41) is 37.2. The second kappa shape index (κ2) is 35.4. The van der Waals surface area contributed by atoms with Crippen LogP contribution in [0.5, 0.6) is 11.5 Å². The molecule has 0 radical (unpaired) electrons. The number of nitrogens with zero attached hydrogens (tertiary/aromatic N) is 5. The number of hydrogen-bond acceptors (Lipinski definition) is 16. The molecule has 3 aromatic rings. The Bertz CT molecular complexity index is 2570. The fourth-order valence-electron chi connectivity index (χ4n) is 8.18. The molecule has 0 spiro atoms. The number of halogens is 2. The number of likely N-dealkylation sites (tertiary alicyclic amines) is 1. The molecule has 1 aliphatic rings. The number of hydrogen-bond donors (Lipinski definition) is 7. The van der Waals surface area contributed by atoms with Crippen LogP contribution in [0.1, 0.15) is 88.1 Å². The molecule has 0 bridgehead atoms. The minimum atomic E-state index is -5.29. The maximum atomic E-state index is 14.2. The van der Waals surface area contributed by atoms with Gasteiger partial charge in [0.2, 0.25) is 17.7 Å². The lowest BCUT2D eigenvalue weighted by Gasteiger charge is -2.28. The van der Waals surface area contributed by atoms with Crippen molar-refractivity contribution in [2.75, 3.05) is 105 Å². The van der Waals surface area contributed by atoms with Gasteiger partial charge in [0.05, 0.1) is 56.5 Å². The number of amides is 4. The number of unbranched alkanes of at least 4 members (excludes halogenated alkanes) is 2. The van der Waals surface area contributed by atoms with E-state index in [4.69, 9.17) is 9.84 Å². The Balaban J connectivity index is 0.00000313. The van der Waals surface area contributed by atoms with Crippen molar-refractivity contribution in [3.05, 3.63) is 65.9 Å². The first-order chi connectivity index (χ1) is 37.5. The Labute approximate surface area is 463 Å². The number of carbonyl (C=O) groups excluding carboxylic acids is 4. The highest BCUT2D eigenvalue weighted by atomic mass is 32.3. The second-order valence-corrected chi connectivity index (χ2v) is 20.9. The summed E-state index contributed by atoms with van der Waals surface area (Å²) in [6, 6.07) is 11.5. The first kappa shape index (κ1) is 67.1. The molecule has 1 saturated heterocycles. The summed E-state index contributed by atoms with van der Waals surface area (Å²) in [5.41, 5.74) is 1.27. The van der Waals surface area contributed by atoms with E-state index >= 15 is 0 Å². The molecular formula is C52H78F2N9O14PS. The Kier molecular flexibility index (Phi) is 30.1. The van der Waals surface area contributed by atoms with Crippen molar-refractivity contribution in [1.29, 1.82) is 0 Å². The maximum absolute atomic E-state index is 14.2. The van der Waals surface area contributed by atoms with Crippen LogP contribution in [0.4, 0.5) is 8.28 Å². The van der Waals surface area contributed by atoms with Gasteiger partial charge < -0.3 is 50.4 Å². The molecule has 1 aromatic heterocycles. The predicted octanol–water partition coefficient (Wildman–Crippen LogP) is 3.08. The van der Waals surface area contributed by atoms with Crippen LogP contribution < -0.4 is 30.2 Å². The highest BCUT2D eigenvalue weighted by Gasteiger charge is 2.36. The topological polar surface area (TPSA) is 307 Å². The summed E-state index contributed by atoms with van der Waals surface area (Å²) in [4.78, 5) is 95.9. The van der Waals surface area contributed by atoms with E-state index in [1.54, 1.807) is 41.0 Å². The molecule has 4 amide bonds. The van der Waals surface area contributed by atoms with Crippen LogP contribution in [0.2, 0.25) is 0 Å². The van der Waals surface area contributed by atoms with Gasteiger partial charge in [-0.05, 0) is 100 Å². The van der Waals surface area contributed by atoms with Crippen molar-refractivity contribution in [3.8, 4) is 11.5 Å². The van der Waals surface area contributed by atoms with Crippen molar-refractivity contribution in [3.63, 3.8) is 0 Å². The fraction of sp³-hybridized carbons (Fsp3) is 0.577. The van der Waals surface area contributed by atoms with E-state index < -0.39 is 51.7 Å². The zero-order valence-electron chi connectivity index (χ0n) is 45.3. The van der Waals surface area contributed by atoms with Gasteiger partial charge in [0.15, 0.2) is 0 Å². The van der Waals surface area contributed by atoms with Crippen LogP contribution in [0.3, 0.4) is 0 Å². The Hall–Kier alpha value is -6.18. The molecule has 23 nitrogen and oxygen atoms in total. The number of alkyl halides is 1. The third-order valence-corrected chi connectivity index (χ3v) is 13.1. The van der Waals surface area contributed by atoms with Crippen LogP contribution in [0.25, 0.3) is 10.9 Å². The average Bonchev–Trinajstić information content (AvgIpc) is 3.78. The monoisotopic (exact) mass is 1150 g/mol. The van der Waals surface area contributed by atoms with Crippen LogP contribution >= 0.6 is 9.24 Å². The van der Waals surface area contributed by atoms with Gasteiger partial charge in [-0.3, -0.25) is 53.2 Å². The van der Waals surface area contributed by atoms with Gasteiger partial charge in [0.25, 0.3) is 5.91 Å². The van der Waals surface area contributed by atoms with E-state index in [1.807, 2.05) is 18.7 Å². The van der Waals surface area contributed by atoms with Crippen LogP contribution in [-0.4, -0.2) is 206 Å². The molecule has 27 heteroatoms. The van der Waals surface area contributed by atoms with E-state index in [-0.39, 0.29) is 94.8 Å². The van der Waals surface area contributed by atoms with Gasteiger partial charge in [0, 0.05) is 70.2 Å². The Morgan fingerprint density at radius 2 is 1.42 bits per heavy atom. The SMILES string of the molecule is CCC(=O)O.CCCCN(CCN(CCN(CCC)CC(=O)NCCCCNC(=O)C(Cc1cccc(OS(=O)(=O)F)c1)NCCCOc1ccc2nccc(C(=O)NCC(=O)N3CCC(F)(P)C3)c2c1)CC(=O)O)CC(=O)O. The minimum absolute atomic E-state index is 0.0660. The van der Waals surface area contributed by atoms with Crippen molar-refractivity contribution in [2.24, 2.45) is 0 Å². The molecular weight excluding hydrogens is 1080 g/mol. The Morgan fingerprint density at radius 1 is 0.772 bits per heavy atom. The van der Waals surface area contributed by atoms with E-state index in [1.165, 1.54) is 35.4 Å². The summed E-state index contributed by atoms with van der Waals surface area (Å²) in [5.74, 6) is -3.99. The third-order valence-electron chi connectivity index (χ3n) is 12.2. The van der Waals surface area contributed by atoms with Crippen molar-refractivity contribution < 1.29 is 74.5 Å². The van der Waals surface area contributed by atoms with Crippen LogP contribution in [0.15, 0.2) is 54.7 Å².